The van der Waals surface area contributed by atoms with Crippen molar-refractivity contribution in [2.24, 2.45) is 11.8 Å². The Morgan fingerprint density at radius 1 is 1.19 bits per heavy atom. The molecule has 16 heavy (non-hydrogen) atoms. The predicted molar refractivity (Wildman–Crippen MR) is 66.8 cm³/mol. The highest BCUT2D eigenvalue weighted by molar-refractivity contribution is 7.89. The summed E-state index contributed by atoms with van der Waals surface area (Å²) in [5.41, 5.74) is 0. The first kappa shape index (κ1) is 13.9. The zero-order valence-electron chi connectivity index (χ0n) is 10.5. The van der Waals surface area contributed by atoms with Crippen LogP contribution in [-0.4, -0.2) is 33.8 Å². The van der Waals surface area contributed by atoms with Crippen LogP contribution in [0.3, 0.4) is 0 Å². The van der Waals surface area contributed by atoms with Gasteiger partial charge in [-0.3, -0.25) is 0 Å². The lowest BCUT2D eigenvalue weighted by molar-refractivity contribution is 0.228. The molecular formula is C11H24N2O2S. The number of sulfonamides is 1. The third-order valence-corrected chi connectivity index (χ3v) is 5.08. The van der Waals surface area contributed by atoms with Crippen LogP contribution in [0.25, 0.3) is 0 Å². The van der Waals surface area contributed by atoms with E-state index in [1.54, 1.807) is 0 Å². The van der Waals surface area contributed by atoms with Gasteiger partial charge in [0.2, 0.25) is 10.0 Å². The number of nitrogens with one attached hydrogen (secondary N) is 2. The first-order valence-corrected chi connectivity index (χ1v) is 7.74. The van der Waals surface area contributed by atoms with Crippen molar-refractivity contribution in [1.82, 2.24) is 10.0 Å². The molecule has 0 spiro atoms. The fraction of sp³-hybridized carbons (Fsp3) is 1.00. The van der Waals surface area contributed by atoms with Crippen LogP contribution in [0.4, 0.5) is 0 Å². The molecule has 2 N–H and O–H groups in total. The second-order valence-electron chi connectivity index (χ2n) is 4.94. The quantitative estimate of drug-likeness (QED) is 0.761. The molecule has 0 amide bonds. The van der Waals surface area contributed by atoms with Crippen LogP contribution in [0.2, 0.25) is 0 Å². The summed E-state index contributed by atoms with van der Waals surface area (Å²) >= 11 is 0. The maximum atomic E-state index is 11.2. The Balaban J connectivity index is 2.24. The zero-order chi connectivity index (χ0) is 12.2. The highest BCUT2D eigenvalue weighted by Gasteiger charge is 2.24. The lowest BCUT2D eigenvalue weighted by Gasteiger charge is -2.32. The van der Waals surface area contributed by atoms with Gasteiger partial charge in [0.25, 0.3) is 0 Å². The van der Waals surface area contributed by atoms with E-state index in [1.165, 1.54) is 26.3 Å². The molecule has 3 unspecified atom stereocenters. The average Bonchev–Trinajstić information content (AvgIpc) is 2.23. The normalized spacial score (nSPS) is 31.6. The van der Waals surface area contributed by atoms with Gasteiger partial charge in [-0.1, -0.05) is 13.8 Å². The molecule has 0 aromatic rings. The molecule has 0 aromatic carbocycles. The second-order valence-corrected chi connectivity index (χ2v) is 6.99. The van der Waals surface area contributed by atoms with Crippen molar-refractivity contribution in [3.8, 4) is 0 Å². The van der Waals surface area contributed by atoms with Crippen molar-refractivity contribution in [1.29, 1.82) is 0 Å². The fourth-order valence-electron chi connectivity index (χ4n) is 2.23. The Labute approximate surface area is 99.2 Å². The summed E-state index contributed by atoms with van der Waals surface area (Å²) in [6.07, 6.45) is 3.59. The van der Waals surface area contributed by atoms with Crippen LogP contribution >= 0.6 is 0 Å². The summed E-state index contributed by atoms with van der Waals surface area (Å²) in [5, 5.41) is 3.34. The van der Waals surface area contributed by atoms with Gasteiger partial charge >= 0.3 is 0 Å². The minimum atomic E-state index is -3.06. The van der Waals surface area contributed by atoms with E-state index in [9.17, 15) is 8.42 Å². The minimum Gasteiger partial charge on any atom is -0.313 e. The molecule has 1 aliphatic rings. The second kappa shape index (κ2) is 5.98. The molecule has 3 atom stereocenters. The Hall–Kier alpha value is -0.130. The fourth-order valence-corrected chi connectivity index (χ4v) is 2.82. The third kappa shape index (κ3) is 4.39. The van der Waals surface area contributed by atoms with E-state index >= 15 is 0 Å². The Kier molecular flexibility index (Phi) is 5.21. The van der Waals surface area contributed by atoms with Crippen LogP contribution in [0.15, 0.2) is 0 Å². The molecule has 1 fully saturated rings. The van der Waals surface area contributed by atoms with E-state index in [-0.39, 0.29) is 5.75 Å². The van der Waals surface area contributed by atoms with Gasteiger partial charge in [0.05, 0.1) is 5.75 Å². The van der Waals surface area contributed by atoms with Crippen LogP contribution in [0, 0.1) is 11.8 Å². The SMILES string of the molecule is CNS(=O)(=O)CCNC1CCC(C)C(C)C1. The maximum Gasteiger partial charge on any atom is 0.212 e. The van der Waals surface area contributed by atoms with E-state index in [0.717, 1.165) is 11.8 Å². The maximum absolute atomic E-state index is 11.2. The number of hydrogen-bond donors (Lipinski definition) is 2. The monoisotopic (exact) mass is 248 g/mol. The number of rotatable bonds is 5. The Morgan fingerprint density at radius 2 is 1.88 bits per heavy atom. The first-order chi connectivity index (χ1) is 7.44. The molecule has 0 saturated heterocycles. The molecule has 96 valence electrons. The molecular weight excluding hydrogens is 224 g/mol. The summed E-state index contributed by atoms with van der Waals surface area (Å²) in [6, 6.07) is 0.498. The molecule has 1 saturated carbocycles. The topological polar surface area (TPSA) is 58.2 Å². The van der Waals surface area contributed by atoms with Gasteiger partial charge in [0.1, 0.15) is 0 Å². The lowest BCUT2D eigenvalue weighted by Crippen LogP contribution is -2.39. The van der Waals surface area contributed by atoms with Crippen molar-refractivity contribution < 1.29 is 8.42 Å². The van der Waals surface area contributed by atoms with Crippen LogP contribution < -0.4 is 10.0 Å². The highest BCUT2D eigenvalue weighted by Crippen LogP contribution is 2.29. The summed E-state index contributed by atoms with van der Waals surface area (Å²) in [7, 11) is -1.60. The Morgan fingerprint density at radius 3 is 2.44 bits per heavy atom. The smallest absolute Gasteiger partial charge is 0.212 e. The summed E-state index contributed by atoms with van der Waals surface area (Å²) in [6.45, 7) is 5.13. The van der Waals surface area contributed by atoms with Crippen molar-refractivity contribution in [2.45, 2.75) is 39.2 Å². The summed E-state index contributed by atoms with van der Waals surface area (Å²) in [4.78, 5) is 0. The first-order valence-electron chi connectivity index (χ1n) is 6.09. The molecule has 1 aliphatic carbocycles. The molecule has 0 radical (unpaired) electrons. The average molecular weight is 248 g/mol. The van der Waals surface area contributed by atoms with Gasteiger partial charge in [-0.25, -0.2) is 13.1 Å². The van der Waals surface area contributed by atoms with E-state index in [0.29, 0.717) is 12.6 Å². The van der Waals surface area contributed by atoms with E-state index in [2.05, 4.69) is 23.9 Å². The minimum absolute atomic E-state index is 0.171. The van der Waals surface area contributed by atoms with Gasteiger partial charge in [-0.2, -0.15) is 0 Å². The van der Waals surface area contributed by atoms with Gasteiger partial charge < -0.3 is 5.32 Å². The van der Waals surface area contributed by atoms with E-state index in [1.807, 2.05) is 0 Å². The highest BCUT2D eigenvalue weighted by atomic mass is 32.2. The molecule has 0 heterocycles. The third-order valence-electron chi connectivity index (χ3n) is 3.71. The van der Waals surface area contributed by atoms with Crippen LogP contribution in [0.5, 0.6) is 0 Å². The number of hydrogen-bond acceptors (Lipinski definition) is 3. The molecule has 1 rings (SSSR count). The van der Waals surface area contributed by atoms with Crippen LogP contribution in [-0.2, 0) is 10.0 Å². The molecule has 0 aliphatic heterocycles. The van der Waals surface area contributed by atoms with Crippen molar-refractivity contribution in [3.05, 3.63) is 0 Å². The molecule has 5 heteroatoms. The zero-order valence-corrected chi connectivity index (χ0v) is 11.3. The Bertz CT molecular complexity index is 303. The summed E-state index contributed by atoms with van der Waals surface area (Å²) < 4.78 is 24.7. The van der Waals surface area contributed by atoms with Crippen molar-refractivity contribution in [3.63, 3.8) is 0 Å². The molecule has 4 nitrogen and oxygen atoms in total. The van der Waals surface area contributed by atoms with Gasteiger partial charge in [0, 0.05) is 12.6 Å². The van der Waals surface area contributed by atoms with E-state index < -0.39 is 10.0 Å². The largest absolute Gasteiger partial charge is 0.313 e. The molecule has 0 bridgehead atoms. The van der Waals surface area contributed by atoms with Crippen molar-refractivity contribution in [2.75, 3.05) is 19.3 Å². The lowest BCUT2D eigenvalue weighted by atomic mass is 9.79. The predicted octanol–water partition coefficient (Wildman–Crippen LogP) is 0.950. The summed E-state index contributed by atoms with van der Waals surface area (Å²) in [5.74, 6) is 1.72. The van der Waals surface area contributed by atoms with Gasteiger partial charge in [0.15, 0.2) is 0 Å². The van der Waals surface area contributed by atoms with Gasteiger partial charge in [-0.05, 0) is 38.1 Å². The standard InChI is InChI=1S/C11H24N2O2S/c1-9-4-5-11(8-10(9)2)13-6-7-16(14,15)12-3/h9-13H,4-8H2,1-3H3. The van der Waals surface area contributed by atoms with Crippen molar-refractivity contribution >= 4 is 10.0 Å². The van der Waals surface area contributed by atoms with E-state index in [4.69, 9.17) is 0 Å². The molecule has 0 aromatic heterocycles. The van der Waals surface area contributed by atoms with Crippen LogP contribution in [0.1, 0.15) is 33.1 Å². The van der Waals surface area contributed by atoms with Gasteiger partial charge in [-0.15, -0.1) is 0 Å².